The molecule has 1 amide bonds. The van der Waals surface area contributed by atoms with Gasteiger partial charge < -0.3 is 15.0 Å². The van der Waals surface area contributed by atoms with Crippen LogP contribution >= 0.6 is 0 Å². The minimum atomic E-state index is -0.389. The van der Waals surface area contributed by atoms with E-state index in [0.29, 0.717) is 19.4 Å². The van der Waals surface area contributed by atoms with Crippen molar-refractivity contribution in [3.05, 3.63) is 54.3 Å². The molecule has 4 nitrogen and oxygen atoms in total. The van der Waals surface area contributed by atoms with E-state index in [1.165, 1.54) is 6.07 Å². The van der Waals surface area contributed by atoms with Crippen LogP contribution in [0.25, 0.3) is 0 Å². The number of hydrogen-bond donors (Lipinski definition) is 1. The van der Waals surface area contributed by atoms with Gasteiger partial charge in [0.05, 0.1) is 6.61 Å². The summed E-state index contributed by atoms with van der Waals surface area (Å²) in [7, 11) is 0. The number of ether oxygens (including phenoxy) is 1. The Morgan fingerprint density at radius 1 is 1.08 bits per heavy atom. The van der Waals surface area contributed by atoms with Crippen LogP contribution in [-0.2, 0) is 4.79 Å². The lowest BCUT2D eigenvalue weighted by Gasteiger charge is -2.21. The summed E-state index contributed by atoms with van der Waals surface area (Å²) in [5.41, 5.74) is 1.91. The van der Waals surface area contributed by atoms with Gasteiger partial charge in [0.25, 0.3) is 0 Å². The molecule has 0 radical (unpaired) electrons. The molecule has 2 rings (SSSR count). The molecule has 0 spiro atoms. The first-order valence-electron chi connectivity index (χ1n) is 8.66. The van der Waals surface area contributed by atoms with E-state index < -0.39 is 0 Å². The summed E-state index contributed by atoms with van der Waals surface area (Å²) in [6.45, 7) is 6.43. The van der Waals surface area contributed by atoms with Crippen LogP contribution in [0.1, 0.15) is 26.7 Å². The van der Waals surface area contributed by atoms with Crippen molar-refractivity contribution in [2.45, 2.75) is 26.7 Å². The van der Waals surface area contributed by atoms with Gasteiger partial charge in [-0.2, -0.15) is 0 Å². The Hall–Kier alpha value is -2.56. The number of rotatable bonds is 9. The standard InChI is InChI=1S/C20H25FN2O2/c1-3-23(4-2)17-13-11-16(12-14-17)22-20(24)10-7-15-25-19-9-6-5-8-18(19)21/h5-6,8-9,11-14H,3-4,7,10,15H2,1-2H3,(H,22,24). The summed E-state index contributed by atoms with van der Waals surface area (Å²) < 4.78 is 18.7. The van der Waals surface area contributed by atoms with Crippen LogP contribution in [0.4, 0.5) is 15.8 Å². The Bertz CT molecular complexity index is 670. The predicted molar refractivity (Wildman–Crippen MR) is 99.8 cm³/mol. The van der Waals surface area contributed by atoms with E-state index in [4.69, 9.17) is 4.74 Å². The first-order valence-corrected chi connectivity index (χ1v) is 8.66. The summed E-state index contributed by atoms with van der Waals surface area (Å²) >= 11 is 0. The van der Waals surface area contributed by atoms with Crippen molar-refractivity contribution in [2.24, 2.45) is 0 Å². The number of carbonyl (C=O) groups is 1. The van der Waals surface area contributed by atoms with Gasteiger partial charge in [0.15, 0.2) is 11.6 Å². The topological polar surface area (TPSA) is 41.6 Å². The van der Waals surface area contributed by atoms with Gasteiger partial charge in [0.1, 0.15) is 0 Å². The largest absolute Gasteiger partial charge is 0.491 e. The fraction of sp³-hybridized carbons (Fsp3) is 0.350. The van der Waals surface area contributed by atoms with E-state index in [2.05, 4.69) is 24.1 Å². The van der Waals surface area contributed by atoms with Crippen molar-refractivity contribution in [1.82, 2.24) is 0 Å². The Morgan fingerprint density at radius 2 is 1.76 bits per heavy atom. The highest BCUT2D eigenvalue weighted by Crippen LogP contribution is 2.18. The van der Waals surface area contributed by atoms with E-state index in [1.54, 1.807) is 18.2 Å². The number of benzene rings is 2. The predicted octanol–water partition coefficient (Wildman–Crippen LogP) is 4.47. The summed E-state index contributed by atoms with van der Waals surface area (Å²) in [5, 5.41) is 2.87. The highest BCUT2D eigenvalue weighted by atomic mass is 19.1. The molecule has 5 heteroatoms. The average molecular weight is 344 g/mol. The highest BCUT2D eigenvalue weighted by molar-refractivity contribution is 5.90. The second-order valence-corrected chi connectivity index (χ2v) is 5.65. The van der Waals surface area contributed by atoms with Crippen molar-refractivity contribution in [3.63, 3.8) is 0 Å². The molecule has 0 fully saturated rings. The van der Waals surface area contributed by atoms with Gasteiger partial charge in [-0.3, -0.25) is 4.79 Å². The molecule has 0 saturated carbocycles. The monoisotopic (exact) mass is 344 g/mol. The molecule has 0 atom stereocenters. The number of hydrogen-bond acceptors (Lipinski definition) is 3. The zero-order valence-electron chi connectivity index (χ0n) is 14.8. The molecule has 0 bridgehead atoms. The maximum absolute atomic E-state index is 13.4. The van der Waals surface area contributed by atoms with E-state index in [-0.39, 0.29) is 17.5 Å². The lowest BCUT2D eigenvalue weighted by molar-refractivity contribution is -0.116. The lowest BCUT2D eigenvalue weighted by Crippen LogP contribution is -2.21. The highest BCUT2D eigenvalue weighted by Gasteiger charge is 2.06. The smallest absolute Gasteiger partial charge is 0.224 e. The van der Waals surface area contributed by atoms with Crippen molar-refractivity contribution in [1.29, 1.82) is 0 Å². The fourth-order valence-corrected chi connectivity index (χ4v) is 2.54. The van der Waals surface area contributed by atoms with E-state index in [1.807, 2.05) is 24.3 Å². The molecule has 0 aliphatic rings. The molecule has 25 heavy (non-hydrogen) atoms. The first-order chi connectivity index (χ1) is 12.1. The second-order valence-electron chi connectivity index (χ2n) is 5.65. The summed E-state index contributed by atoms with van der Waals surface area (Å²) in [6, 6.07) is 14.1. The molecule has 0 aromatic heterocycles. The van der Waals surface area contributed by atoms with Crippen molar-refractivity contribution in [2.75, 3.05) is 29.9 Å². The normalized spacial score (nSPS) is 10.4. The quantitative estimate of drug-likeness (QED) is 0.683. The van der Waals surface area contributed by atoms with Gasteiger partial charge in [-0.05, 0) is 56.7 Å². The van der Waals surface area contributed by atoms with Crippen LogP contribution in [0.15, 0.2) is 48.5 Å². The Balaban J connectivity index is 1.74. The molecule has 134 valence electrons. The third kappa shape index (κ3) is 5.78. The van der Waals surface area contributed by atoms with Gasteiger partial charge >= 0.3 is 0 Å². The molecular weight excluding hydrogens is 319 g/mol. The lowest BCUT2D eigenvalue weighted by atomic mass is 10.2. The summed E-state index contributed by atoms with van der Waals surface area (Å²) in [4.78, 5) is 14.2. The average Bonchev–Trinajstić information content (AvgIpc) is 2.62. The number of para-hydroxylation sites is 1. The van der Waals surface area contributed by atoms with Crippen LogP contribution < -0.4 is 15.0 Å². The number of carbonyl (C=O) groups excluding carboxylic acids is 1. The number of nitrogens with zero attached hydrogens (tertiary/aromatic N) is 1. The van der Waals surface area contributed by atoms with Gasteiger partial charge in [-0.15, -0.1) is 0 Å². The SMILES string of the molecule is CCN(CC)c1ccc(NC(=O)CCCOc2ccccc2F)cc1. The van der Waals surface area contributed by atoms with E-state index in [9.17, 15) is 9.18 Å². The van der Waals surface area contributed by atoms with Crippen LogP contribution in [0.2, 0.25) is 0 Å². The number of anilines is 2. The molecule has 0 saturated heterocycles. The van der Waals surface area contributed by atoms with Crippen LogP contribution in [-0.4, -0.2) is 25.6 Å². The number of nitrogens with one attached hydrogen (secondary N) is 1. The molecule has 0 aliphatic heterocycles. The number of amides is 1. The van der Waals surface area contributed by atoms with Gasteiger partial charge in [-0.1, -0.05) is 12.1 Å². The third-order valence-corrected chi connectivity index (χ3v) is 3.92. The Morgan fingerprint density at radius 3 is 2.40 bits per heavy atom. The maximum Gasteiger partial charge on any atom is 0.224 e. The third-order valence-electron chi connectivity index (χ3n) is 3.92. The molecule has 2 aromatic rings. The van der Waals surface area contributed by atoms with Gasteiger partial charge in [0.2, 0.25) is 5.91 Å². The molecule has 0 unspecified atom stereocenters. The molecule has 0 heterocycles. The van der Waals surface area contributed by atoms with Crippen molar-refractivity contribution < 1.29 is 13.9 Å². The molecule has 0 aliphatic carbocycles. The number of halogens is 1. The summed E-state index contributed by atoms with van der Waals surface area (Å²) in [6.07, 6.45) is 0.851. The maximum atomic E-state index is 13.4. The van der Waals surface area contributed by atoms with Crippen molar-refractivity contribution in [3.8, 4) is 5.75 Å². The zero-order chi connectivity index (χ0) is 18.1. The van der Waals surface area contributed by atoms with Crippen LogP contribution in [0.5, 0.6) is 5.75 Å². The van der Waals surface area contributed by atoms with Crippen molar-refractivity contribution >= 4 is 17.3 Å². The Kier molecular flexibility index (Phi) is 7.26. The fourth-order valence-electron chi connectivity index (χ4n) is 2.54. The molecule has 1 N–H and O–H groups in total. The van der Waals surface area contributed by atoms with Gasteiger partial charge in [0, 0.05) is 30.9 Å². The molecular formula is C20H25FN2O2. The summed E-state index contributed by atoms with van der Waals surface area (Å²) in [5.74, 6) is -0.247. The van der Waals surface area contributed by atoms with Crippen LogP contribution in [0, 0.1) is 5.82 Å². The van der Waals surface area contributed by atoms with E-state index >= 15 is 0 Å². The van der Waals surface area contributed by atoms with E-state index in [0.717, 1.165) is 24.5 Å². The second kappa shape index (κ2) is 9.67. The van der Waals surface area contributed by atoms with Gasteiger partial charge in [-0.25, -0.2) is 4.39 Å². The van der Waals surface area contributed by atoms with Crippen LogP contribution in [0.3, 0.4) is 0 Å². The minimum absolute atomic E-state index is 0.0762. The zero-order valence-corrected chi connectivity index (χ0v) is 14.8. The Labute approximate surface area is 148 Å². The molecule has 2 aromatic carbocycles. The minimum Gasteiger partial charge on any atom is -0.491 e. The first kappa shape index (κ1) is 18.8.